The number of rotatable bonds is 2. The molecule has 0 spiro atoms. The summed E-state index contributed by atoms with van der Waals surface area (Å²) in [4.78, 5) is 0. The third kappa shape index (κ3) is 3.51. The zero-order valence-corrected chi connectivity index (χ0v) is 10.7. The lowest BCUT2D eigenvalue weighted by Gasteiger charge is -2.32. The molecule has 0 saturated carbocycles. The van der Waals surface area contributed by atoms with Crippen molar-refractivity contribution in [1.82, 2.24) is 0 Å². The van der Waals surface area contributed by atoms with Gasteiger partial charge in [0.05, 0.1) is 14.2 Å². The maximum absolute atomic E-state index is 10.1. The van der Waals surface area contributed by atoms with Gasteiger partial charge in [-0.05, 0) is 10.6 Å². The molecule has 1 atom stereocenters. The molecular weight excluding hydrogens is 176 g/mol. The second-order valence-corrected chi connectivity index (χ2v) is 10.6. The van der Waals surface area contributed by atoms with Crippen molar-refractivity contribution in [3.05, 3.63) is 17.5 Å². The van der Waals surface area contributed by atoms with E-state index in [1.165, 1.54) is 0 Å². The fraction of sp³-hybridized carbons (Fsp3) is 0.727. The van der Waals surface area contributed by atoms with Crippen LogP contribution in [0.5, 0.6) is 0 Å². The van der Waals surface area contributed by atoms with E-state index in [4.69, 9.17) is 0 Å². The van der Waals surface area contributed by atoms with E-state index in [-0.39, 0.29) is 5.41 Å². The van der Waals surface area contributed by atoms with Gasteiger partial charge in [-0.1, -0.05) is 47.0 Å². The van der Waals surface area contributed by atoms with Crippen LogP contribution in [0.3, 0.4) is 0 Å². The highest BCUT2D eigenvalue weighted by Crippen LogP contribution is 2.29. The molecule has 0 aromatic heterocycles. The third-order valence-electron chi connectivity index (χ3n) is 2.09. The van der Waals surface area contributed by atoms with Crippen LogP contribution in [0, 0.1) is 5.41 Å². The predicted octanol–water partition coefficient (Wildman–Crippen LogP) is 2.98. The van der Waals surface area contributed by atoms with Crippen molar-refractivity contribution >= 4 is 8.07 Å². The molecular formula is C11H22OSi. The molecule has 0 aliphatic rings. The van der Waals surface area contributed by atoms with E-state index in [0.29, 0.717) is 0 Å². The molecule has 0 saturated heterocycles. The Balaban J connectivity index is 4.96. The Labute approximate surface area is 83.2 Å². The summed E-state index contributed by atoms with van der Waals surface area (Å²) < 4.78 is 0. The van der Waals surface area contributed by atoms with Crippen LogP contribution in [0.2, 0.25) is 19.6 Å². The third-order valence-corrected chi connectivity index (χ3v) is 4.16. The molecule has 0 aliphatic heterocycles. The van der Waals surface area contributed by atoms with Crippen molar-refractivity contribution in [1.29, 1.82) is 0 Å². The Morgan fingerprint density at radius 2 is 1.69 bits per heavy atom. The van der Waals surface area contributed by atoms with Crippen molar-refractivity contribution in [2.45, 2.75) is 46.5 Å². The minimum atomic E-state index is -1.47. The molecule has 0 rings (SSSR count). The standard InChI is InChI=1S/C11H22OSi/c1-8-9(13(5,6)7)10(12)11(2,3)4/h10,12H,1H2,2-7H3/t10-/m0/s1. The molecule has 0 aromatic rings. The smallest absolute Gasteiger partial charge is 0.0857 e. The van der Waals surface area contributed by atoms with E-state index in [9.17, 15) is 5.11 Å². The molecule has 0 bridgehead atoms. The van der Waals surface area contributed by atoms with E-state index in [1.807, 2.05) is 20.8 Å². The van der Waals surface area contributed by atoms with E-state index in [0.717, 1.165) is 5.20 Å². The molecule has 0 aromatic carbocycles. The largest absolute Gasteiger partial charge is 0.388 e. The lowest BCUT2D eigenvalue weighted by Crippen LogP contribution is -2.38. The maximum Gasteiger partial charge on any atom is 0.0857 e. The van der Waals surface area contributed by atoms with E-state index >= 15 is 0 Å². The van der Waals surface area contributed by atoms with Gasteiger partial charge < -0.3 is 5.11 Å². The number of aliphatic hydroxyl groups excluding tert-OH is 1. The summed E-state index contributed by atoms with van der Waals surface area (Å²) in [7, 11) is -1.47. The topological polar surface area (TPSA) is 20.2 Å². The minimum Gasteiger partial charge on any atom is -0.388 e. The fourth-order valence-electron chi connectivity index (χ4n) is 1.21. The van der Waals surface area contributed by atoms with Crippen molar-refractivity contribution < 1.29 is 5.11 Å². The van der Waals surface area contributed by atoms with Crippen LogP contribution < -0.4 is 0 Å². The van der Waals surface area contributed by atoms with E-state index < -0.39 is 14.2 Å². The molecule has 0 fully saturated rings. The Morgan fingerprint density at radius 3 is 1.77 bits per heavy atom. The Kier molecular flexibility index (Phi) is 3.74. The Morgan fingerprint density at radius 1 is 1.31 bits per heavy atom. The normalized spacial score (nSPS) is 15.0. The average Bonchev–Trinajstić information content (AvgIpc) is 1.83. The highest BCUT2D eigenvalue weighted by atomic mass is 28.3. The van der Waals surface area contributed by atoms with Crippen molar-refractivity contribution in [3.8, 4) is 0 Å². The quantitative estimate of drug-likeness (QED) is 0.534. The summed E-state index contributed by atoms with van der Waals surface area (Å²) in [6.07, 6.45) is -0.406. The van der Waals surface area contributed by atoms with Crippen LogP contribution in [-0.4, -0.2) is 19.3 Å². The van der Waals surface area contributed by atoms with Gasteiger partial charge in [0.15, 0.2) is 0 Å². The summed E-state index contributed by atoms with van der Waals surface area (Å²) in [5, 5.41) is 11.1. The Bertz CT molecular complexity index is 223. The SMILES string of the molecule is C=C=C([C@H](O)C(C)(C)C)[Si](C)(C)C. The van der Waals surface area contributed by atoms with Gasteiger partial charge in [0.1, 0.15) is 0 Å². The van der Waals surface area contributed by atoms with Crippen LogP contribution >= 0.6 is 0 Å². The molecule has 0 heterocycles. The lowest BCUT2D eigenvalue weighted by molar-refractivity contribution is 0.100. The molecule has 0 radical (unpaired) electrons. The molecule has 1 nitrogen and oxygen atoms in total. The first-order valence-corrected chi connectivity index (χ1v) is 8.19. The van der Waals surface area contributed by atoms with Crippen LogP contribution in [0.1, 0.15) is 20.8 Å². The van der Waals surface area contributed by atoms with E-state index in [1.54, 1.807) is 0 Å². The average molecular weight is 198 g/mol. The van der Waals surface area contributed by atoms with Gasteiger partial charge >= 0.3 is 0 Å². The summed E-state index contributed by atoms with van der Waals surface area (Å²) in [5.74, 6) is 0. The van der Waals surface area contributed by atoms with Crippen LogP contribution in [-0.2, 0) is 0 Å². The lowest BCUT2D eigenvalue weighted by atomic mass is 9.89. The van der Waals surface area contributed by atoms with Gasteiger partial charge in [-0.3, -0.25) is 0 Å². The molecule has 0 aliphatic carbocycles. The number of hydrogen-bond donors (Lipinski definition) is 1. The molecule has 1 N–H and O–H groups in total. The summed E-state index contributed by atoms with van der Waals surface area (Å²) in [5.41, 5.74) is 2.82. The second-order valence-electron chi connectivity index (χ2n) is 5.61. The minimum absolute atomic E-state index is 0.111. The molecule has 2 heteroatoms. The van der Waals surface area contributed by atoms with Gasteiger partial charge in [0.2, 0.25) is 0 Å². The van der Waals surface area contributed by atoms with Gasteiger partial charge in [0, 0.05) is 0 Å². The van der Waals surface area contributed by atoms with Gasteiger partial charge in [-0.25, -0.2) is 0 Å². The van der Waals surface area contributed by atoms with Crippen molar-refractivity contribution in [3.63, 3.8) is 0 Å². The van der Waals surface area contributed by atoms with Gasteiger partial charge in [-0.15, -0.1) is 5.73 Å². The molecule has 76 valence electrons. The van der Waals surface area contributed by atoms with Gasteiger partial charge in [0.25, 0.3) is 0 Å². The maximum atomic E-state index is 10.1. The highest BCUT2D eigenvalue weighted by Gasteiger charge is 2.32. The number of hydrogen-bond acceptors (Lipinski definition) is 1. The van der Waals surface area contributed by atoms with Crippen LogP contribution in [0.4, 0.5) is 0 Å². The summed E-state index contributed by atoms with van der Waals surface area (Å²) >= 11 is 0. The zero-order chi connectivity index (χ0) is 10.9. The Hall–Kier alpha value is -0.303. The predicted molar refractivity (Wildman–Crippen MR) is 61.5 cm³/mol. The first-order chi connectivity index (χ1) is 5.60. The fourth-order valence-corrected chi connectivity index (χ4v) is 2.99. The summed E-state index contributed by atoms with van der Waals surface area (Å²) in [6, 6.07) is 0. The molecule has 0 unspecified atom stereocenters. The van der Waals surface area contributed by atoms with Crippen molar-refractivity contribution in [2.24, 2.45) is 5.41 Å². The highest BCUT2D eigenvalue weighted by molar-refractivity contribution is 6.83. The van der Waals surface area contributed by atoms with Crippen LogP contribution in [0.15, 0.2) is 17.5 Å². The van der Waals surface area contributed by atoms with Gasteiger partial charge in [-0.2, -0.15) is 0 Å². The monoisotopic (exact) mass is 198 g/mol. The van der Waals surface area contributed by atoms with Crippen LogP contribution in [0.25, 0.3) is 0 Å². The van der Waals surface area contributed by atoms with E-state index in [2.05, 4.69) is 32.0 Å². The zero-order valence-electron chi connectivity index (χ0n) is 9.73. The molecule has 13 heavy (non-hydrogen) atoms. The molecule has 0 amide bonds. The second kappa shape index (κ2) is 3.83. The number of aliphatic hydroxyl groups is 1. The first kappa shape index (κ1) is 12.7. The summed E-state index contributed by atoms with van der Waals surface area (Å²) in [6.45, 7) is 16.4. The van der Waals surface area contributed by atoms with Crippen molar-refractivity contribution in [2.75, 3.05) is 0 Å². The first-order valence-electron chi connectivity index (χ1n) is 4.69.